The lowest BCUT2D eigenvalue weighted by Gasteiger charge is -2.22. The molecule has 2 aromatic rings. The summed E-state index contributed by atoms with van der Waals surface area (Å²) in [4.78, 5) is 37.0. The average Bonchev–Trinajstić information content (AvgIpc) is 3.16. The summed E-state index contributed by atoms with van der Waals surface area (Å²) in [5.41, 5.74) is 4.47. The fourth-order valence-electron chi connectivity index (χ4n) is 4.05. The zero-order chi connectivity index (χ0) is 24.5. The Labute approximate surface area is 208 Å². The van der Waals surface area contributed by atoms with Gasteiger partial charge < -0.3 is 20.5 Å². The molecule has 9 heteroatoms. The van der Waals surface area contributed by atoms with Crippen LogP contribution < -0.4 is 10.6 Å². The number of hydrogen-bond acceptors (Lipinski definition) is 6. The zero-order valence-corrected chi connectivity index (χ0v) is 20.9. The van der Waals surface area contributed by atoms with Gasteiger partial charge in [-0.05, 0) is 59.1 Å². The first-order chi connectivity index (χ1) is 16.5. The molecule has 1 aliphatic rings. The molecule has 182 valence electrons. The number of carboxylic acids is 1. The summed E-state index contributed by atoms with van der Waals surface area (Å²) in [6.45, 7) is 0.141. The largest absolute Gasteiger partial charge is 0.480 e. The number of benzene rings is 2. The van der Waals surface area contributed by atoms with Crippen molar-refractivity contribution in [3.05, 3.63) is 59.7 Å². The number of nitrogens with one attached hydrogen (secondary N) is 2. The number of alkyl carbamates (subject to hydrolysis) is 1. The van der Waals surface area contributed by atoms with E-state index in [0.717, 1.165) is 22.3 Å². The van der Waals surface area contributed by atoms with Gasteiger partial charge in [0, 0.05) is 5.92 Å². The smallest absolute Gasteiger partial charge is 0.407 e. The molecule has 0 saturated heterocycles. The highest BCUT2D eigenvalue weighted by atomic mass is 32.2. The molecule has 0 fully saturated rings. The molecule has 3 N–H and O–H groups in total. The summed E-state index contributed by atoms with van der Waals surface area (Å²) in [7, 11) is 0. The topological polar surface area (TPSA) is 105 Å². The van der Waals surface area contributed by atoms with Crippen LogP contribution >= 0.6 is 23.5 Å². The summed E-state index contributed by atoms with van der Waals surface area (Å²) in [6, 6.07) is 14.2. The van der Waals surface area contributed by atoms with Gasteiger partial charge >= 0.3 is 12.1 Å². The van der Waals surface area contributed by atoms with E-state index >= 15 is 0 Å². The van der Waals surface area contributed by atoms with Crippen molar-refractivity contribution in [3.8, 4) is 11.1 Å². The van der Waals surface area contributed by atoms with Crippen LogP contribution in [0.15, 0.2) is 48.5 Å². The van der Waals surface area contributed by atoms with E-state index in [-0.39, 0.29) is 12.5 Å². The average molecular weight is 503 g/mol. The van der Waals surface area contributed by atoms with Crippen molar-refractivity contribution in [1.29, 1.82) is 0 Å². The van der Waals surface area contributed by atoms with Gasteiger partial charge in [-0.3, -0.25) is 4.79 Å². The van der Waals surface area contributed by atoms with Gasteiger partial charge in [0.2, 0.25) is 5.91 Å². The Bertz CT molecular complexity index is 971. The highest BCUT2D eigenvalue weighted by Gasteiger charge is 2.30. The van der Waals surface area contributed by atoms with Gasteiger partial charge in [-0.15, -0.1) is 0 Å². The number of hydrogen-bond donors (Lipinski definition) is 3. The zero-order valence-electron chi connectivity index (χ0n) is 19.3. The van der Waals surface area contributed by atoms with E-state index in [1.54, 1.807) is 11.8 Å². The van der Waals surface area contributed by atoms with Gasteiger partial charge in [0.05, 0.1) is 0 Å². The molecule has 0 aromatic heterocycles. The maximum Gasteiger partial charge on any atom is 0.407 e. The third-order valence-electron chi connectivity index (χ3n) is 5.79. The minimum Gasteiger partial charge on any atom is -0.480 e. The Morgan fingerprint density at radius 3 is 1.94 bits per heavy atom. The van der Waals surface area contributed by atoms with Crippen LogP contribution in [0.1, 0.15) is 29.9 Å². The highest BCUT2D eigenvalue weighted by molar-refractivity contribution is 7.98. The van der Waals surface area contributed by atoms with Gasteiger partial charge in [0.25, 0.3) is 0 Å². The summed E-state index contributed by atoms with van der Waals surface area (Å²) in [5, 5.41) is 14.6. The van der Waals surface area contributed by atoms with Gasteiger partial charge in [0.1, 0.15) is 18.7 Å². The lowest BCUT2D eigenvalue weighted by Crippen LogP contribution is -2.52. The number of rotatable bonds is 12. The molecule has 2 amide bonds. The number of fused-ring (bicyclic) bond motifs is 3. The van der Waals surface area contributed by atoms with E-state index < -0.39 is 30.1 Å². The molecule has 0 radical (unpaired) electrons. The molecule has 7 nitrogen and oxygen atoms in total. The third kappa shape index (κ3) is 6.48. The van der Waals surface area contributed by atoms with E-state index in [1.807, 2.05) is 48.9 Å². The lowest BCUT2D eigenvalue weighted by atomic mass is 9.98. The number of ether oxygens (including phenoxy) is 1. The second kappa shape index (κ2) is 12.7. The van der Waals surface area contributed by atoms with Crippen LogP contribution in [-0.4, -0.2) is 65.8 Å². The normalized spacial score (nSPS) is 13.9. The molecule has 1 unspecified atom stereocenters. The van der Waals surface area contributed by atoms with E-state index in [4.69, 9.17) is 4.74 Å². The van der Waals surface area contributed by atoms with Crippen LogP contribution in [-0.2, 0) is 14.3 Å². The molecule has 0 bridgehead atoms. The van der Waals surface area contributed by atoms with Crippen molar-refractivity contribution in [2.45, 2.75) is 30.8 Å². The van der Waals surface area contributed by atoms with Crippen LogP contribution in [0.4, 0.5) is 4.79 Å². The number of thioether (sulfide) groups is 2. The highest BCUT2D eigenvalue weighted by Crippen LogP contribution is 2.44. The number of carbonyl (C=O) groups excluding carboxylic acids is 2. The molecule has 3 rings (SSSR count). The van der Waals surface area contributed by atoms with Crippen LogP contribution in [0.5, 0.6) is 0 Å². The van der Waals surface area contributed by atoms with Crippen molar-refractivity contribution in [2.75, 3.05) is 30.6 Å². The van der Waals surface area contributed by atoms with Crippen LogP contribution in [0.3, 0.4) is 0 Å². The minimum atomic E-state index is -1.09. The Hall–Kier alpha value is -2.65. The first-order valence-electron chi connectivity index (χ1n) is 11.1. The molecule has 0 spiro atoms. The SMILES string of the molecule is CSCCC(NC(=O)OCC1c2ccccc2-c2ccccc21)C(=O)N[C@H](CCSC)C(=O)O. The fourth-order valence-corrected chi connectivity index (χ4v) is 5.00. The standard InChI is InChI=1S/C25H30N2O5S2/c1-33-13-11-21(23(28)26-22(24(29)30)12-14-34-2)27-25(31)32-15-20-18-9-5-3-7-16(18)17-8-4-6-10-19(17)20/h3-10,20-22H,11-15H2,1-2H3,(H,26,28)(H,27,31)(H,29,30)/t21?,22-/m1/s1. The number of aliphatic carboxylic acids is 1. The molecular formula is C25H30N2O5S2. The maximum absolute atomic E-state index is 12.8. The Morgan fingerprint density at radius 1 is 0.882 bits per heavy atom. The Kier molecular flexibility index (Phi) is 9.71. The number of carboxylic acid groups (broad SMARTS) is 1. The van der Waals surface area contributed by atoms with Crippen molar-refractivity contribution >= 4 is 41.5 Å². The molecule has 0 aliphatic heterocycles. The molecule has 34 heavy (non-hydrogen) atoms. The summed E-state index contributed by atoms with van der Waals surface area (Å²) < 4.78 is 5.56. The minimum absolute atomic E-state index is 0.0837. The fraction of sp³-hybridized carbons (Fsp3) is 0.400. The second-order valence-electron chi connectivity index (χ2n) is 7.98. The molecule has 1 aliphatic carbocycles. The number of carbonyl (C=O) groups is 3. The van der Waals surface area contributed by atoms with E-state index in [2.05, 4.69) is 22.8 Å². The molecule has 2 atom stereocenters. The molecular weight excluding hydrogens is 472 g/mol. The quantitative estimate of drug-likeness (QED) is 0.403. The third-order valence-corrected chi connectivity index (χ3v) is 7.08. The van der Waals surface area contributed by atoms with Gasteiger partial charge in [0.15, 0.2) is 0 Å². The Morgan fingerprint density at radius 2 is 1.41 bits per heavy atom. The van der Waals surface area contributed by atoms with E-state index in [9.17, 15) is 19.5 Å². The summed E-state index contributed by atoms with van der Waals surface area (Å²) in [5.74, 6) is -0.459. The predicted molar refractivity (Wildman–Crippen MR) is 138 cm³/mol. The van der Waals surface area contributed by atoms with E-state index in [0.29, 0.717) is 24.3 Å². The number of amides is 2. The lowest BCUT2D eigenvalue weighted by molar-refractivity contribution is -0.142. The first kappa shape index (κ1) is 26.0. The molecule has 2 aromatic carbocycles. The molecule has 0 heterocycles. The maximum atomic E-state index is 12.8. The Balaban J connectivity index is 1.64. The van der Waals surface area contributed by atoms with Crippen molar-refractivity contribution < 1.29 is 24.2 Å². The monoisotopic (exact) mass is 502 g/mol. The summed E-state index contributed by atoms with van der Waals surface area (Å²) in [6.07, 6.45) is 3.76. The van der Waals surface area contributed by atoms with Gasteiger partial charge in [-0.2, -0.15) is 23.5 Å². The van der Waals surface area contributed by atoms with Crippen LogP contribution in [0.2, 0.25) is 0 Å². The molecule has 0 saturated carbocycles. The summed E-state index contributed by atoms with van der Waals surface area (Å²) >= 11 is 3.05. The van der Waals surface area contributed by atoms with Crippen molar-refractivity contribution in [2.24, 2.45) is 0 Å². The second-order valence-corrected chi connectivity index (χ2v) is 9.96. The van der Waals surface area contributed by atoms with Crippen molar-refractivity contribution in [3.63, 3.8) is 0 Å². The van der Waals surface area contributed by atoms with E-state index in [1.165, 1.54) is 11.8 Å². The van der Waals surface area contributed by atoms with Gasteiger partial charge in [-0.25, -0.2) is 9.59 Å². The van der Waals surface area contributed by atoms with Gasteiger partial charge in [-0.1, -0.05) is 48.5 Å². The predicted octanol–water partition coefficient (Wildman–Crippen LogP) is 3.97. The van der Waals surface area contributed by atoms with Crippen molar-refractivity contribution in [1.82, 2.24) is 10.6 Å². The first-order valence-corrected chi connectivity index (χ1v) is 13.9. The van der Waals surface area contributed by atoms with Crippen LogP contribution in [0.25, 0.3) is 11.1 Å². The van der Waals surface area contributed by atoms with Crippen LogP contribution in [0, 0.1) is 0 Å².